The van der Waals surface area contributed by atoms with Gasteiger partial charge in [-0.15, -0.1) is 0 Å². The van der Waals surface area contributed by atoms with E-state index in [1.54, 1.807) is 24.3 Å². The molecule has 2 unspecified atom stereocenters. The van der Waals surface area contributed by atoms with Gasteiger partial charge in [0.05, 0.1) is 6.10 Å². The number of benzene rings is 2. The molecule has 0 radical (unpaired) electrons. The van der Waals surface area contributed by atoms with Crippen molar-refractivity contribution in [3.05, 3.63) is 58.8 Å². The van der Waals surface area contributed by atoms with Gasteiger partial charge in [0, 0.05) is 23.8 Å². The highest BCUT2D eigenvalue weighted by molar-refractivity contribution is 5.86. The van der Waals surface area contributed by atoms with Crippen LogP contribution >= 0.6 is 0 Å². The molecule has 4 rings (SSSR count). The number of aliphatic hydroxyl groups excluding tert-OH is 3. The number of rotatable bonds is 3. The fourth-order valence-corrected chi connectivity index (χ4v) is 3.31. The van der Waals surface area contributed by atoms with Crippen LogP contribution in [0.25, 0.3) is 22.3 Å². The van der Waals surface area contributed by atoms with Crippen molar-refractivity contribution in [2.24, 2.45) is 0 Å². The summed E-state index contributed by atoms with van der Waals surface area (Å²) in [4.78, 5) is 12.8. The Morgan fingerprint density at radius 2 is 1.69 bits per heavy atom. The first-order valence-corrected chi connectivity index (χ1v) is 9.08. The van der Waals surface area contributed by atoms with Gasteiger partial charge in [0.2, 0.25) is 6.29 Å². The van der Waals surface area contributed by atoms with Crippen molar-refractivity contribution in [3.8, 4) is 22.8 Å². The Labute approximate surface area is 165 Å². The van der Waals surface area contributed by atoms with Crippen molar-refractivity contribution in [1.29, 1.82) is 0 Å². The lowest BCUT2D eigenvalue weighted by Crippen LogP contribution is -2.58. The summed E-state index contributed by atoms with van der Waals surface area (Å²) in [5.74, 6) is 0.0220. The number of hydrogen-bond acceptors (Lipinski definition) is 8. The van der Waals surface area contributed by atoms with Gasteiger partial charge < -0.3 is 34.3 Å². The van der Waals surface area contributed by atoms with Crippen LogP contribution in [0.15, 0.2) is 57.7 Å². The topological polar surface area (TPSA) is 130 Å². The number of ether oxygens (including phenoxy) is 2. The predicted octanol–water partition coefficient (Wildman–Crippen LogP) is 1.37. The van der Waals surface area contributed by atoms with Gasteiger partial charge in [-0.1, -0.05) is 30.3 Å². The molecule has 0 aliphatic carbocycles. The lowest BCUT2D eigenvalue weighted by atomic mass is 10.00. The number of aliphatic hydroxyl groups is 3. The Morgan fingerprint density at radius 1 is 0.966 bits per heavy atom. The molecule has 0 bridgehead atoms. The van der Waals surface area contributed by atoms with Gasteiger partial charge in [-0.25, -0.2) is 0 Å². The van der Waals surface area contributed by atoms with Gasteiger partial charge in [-0.2, -0.15) is 0 Å². The van der Waals surface area contributed by atoms with Crippen LogP contribution in [-0.4, -0.2) is 51.1 Å². The second-order valence-corrected chi connectivity index (χ2v) is 6.96. The minimum atomic E-state index is -1.56. The smallest absolute Gasteiger partial charge is 0.229 e. The van der Waals surface area contributed by atoms with Crippen LogP contribution in [0.5, 0.6) is 11.5 Å². The molecule has 1 aliphatic heterocycles. The second-order valence-electron chi connectivity index (χ2n) is 6.96. The quantitative estimate of drug-likeness (QED) is 0.519. The van der Waals surface area contributed by atoms with Crippen molar-refractivity contribution in [3.63, 3.8) is 0 Å². The molecule has 1 aliphatic rings. The lowest BCUT2D eigenvalue weighted by Gasteiger charge is -2.38. The van der Waals surface area contributed by atoms with Crippen LogP contribution in [0.4, 0.5) is 0 Å². The fraction of sp³-hybridized carbons (Fsp3) is 0.286. The monoisotopic (exact) mass is 400 g/mol. The first-order chi connectivity index (χ1) is 13.8. The van der Waals surface area contributed by atoms with Crippen LogP contribution in [0.2, 0.25) is 0 Å². The molecule has 4 N–H and O–H groups in total. The highest BCUT2D eigenvalue weighted by atomic mass is 16.7. The highest BCUT2D eigenvalue weighted by Gasteiger charge is 2.43. The van der Waals surface area contributed by atoms with E-state index in [1.807, 2.05) is 6.07 Å². The van der Waals surface area contributed by atoms with Gasteiger partial charge in [0.15, 0.2) is 5.43 Å². The Morgan fingerprint density at radius 3 is 2.41 bits per heavy atom. The summed E-state index contributed by atoms with van der Waals surface area (Å²) in [5.41, 5.74) is 0.360. The van der Waals surface area contributed by atoms with Crippen molar-refractivity contribution in [1.82, 2.24) is 0 Å². The van der Waals surface area contributed by atoms with E-state index in [9.17, 15) is 25.2 Å². The summed E-state index contributed by atoms with van der Waals surface area (Å²) in [6.07, 6.45) is -6.52. The van der Waals surface area contributed by atoms with Crippen molar-refractivity contribution >= 4 is 11.0 Å². The van der Waals surface area contributed by atoms with Gasteiger partial charge in [-0.3, -0.25) is 4.79 Å². The summed E-state index contributed by atoms with van der Waals surface area (Å²) in [6, 6.07) is 12.8. The summed E-state index contributed by atoms with van der Waals surface area (Å²) in [7, 11) is 0. The molecule has 8 heteroatoms. The Hall–Kier alpha value is -2.91. The van der Waals surface area contributed by atoms with Gasteiger partial charge >= 0.3 is 0 Å². The first-order valence-electron chi connectivity index (χ1n) is 9.08. The third-order valence-electron chi connectivity index (χ3n) is 4.89. The zero-order valence-corrected chi connectivity index (χ0v) is 15.4. The Kier molecular flexibility index (Phi) is 5.01. The van der Waals surface area contributed by atoms with Crippen LogP contribution in [0.3, 0.4) is 0 Å². The summed E-state index contributed by atoms with van der Waals surface area (Å²) < 4.78 is 16.8. The maximum Gasteiger partial charge on any atom is 0.229 e. The average Bonchev–Trinajstić information content (AvgIpc) is 2.70. The van der Waals surface area contributed by atoms with E-state index in [4.69, 9.17) is 13.9 Å². The molecule has 1 fully saturated rings. The van der Waals surface area contributed by atoms with Gasteiger partial charge in [0.1, 0.15) is 46.5 Å². The number of hydrogen-bond donors (Lipinski definition) is 4. The van der Waals surface area contributed by atoms with E-state index in [0.717, 1.165) is 0 Å². The van der Waals surface area contributed by atoms with Crippen molar-refractivity contribution in [2.45, 2.75) is 37.6 Å². The highest BCUT2D eigenvalue weighted by Crippen LogP contribution is 2.33. The maximum absolute atomic E-state index is 12.8. The third-order valence-corrected chi connectivity index (χ3v) is 4.89. The van der Waals surface area contributed by atoms with Crippen LogP contribution in [0.1, 0.15) is 6.92 Å². The summed E-state index contributed by atoms with van der Waals surface area (Å²) in [5, 5.41) is 40.0. The number of aromatic hydroxyl groups is 1. The average molecular weight is 400 g/mol. The molecule has 3 aromatic rings. The zero-order chi connectivity index (χ0) is 20.7. The van der Waals surface area contributed by atoms with Crippen LogP contribution in [0, 0.1) is 0 Å². The molecule has 0 amide bonds. The van der Waals surface area contributed by atoms with Gasteiger partial charge in [0.25, 0.3) is 0 Å². The molecule has 29 heavy (non-hydrogen) atoms. The molecule has 5 atom stereocenters. The summed E-state index contributed by atoms with van der Waals surface area (Å²) >= 11 is 0. The van der Waals surface area contributed by atoms with Crippen molar-refractivity contribution < 1.29 is 34.3 Å². The molecule has 2 heterocycles. The number of phenolic OH excluding ortho intramolecular Hbond substituents is 1. The van der Waals surface area contributed by atoms with Crippen molar-refractivity contribution in [2.75, 3.05) is 0 Å². The maximum atomic E-state index is 12.8. The van der Waals surface area contributed by atoms with Crippen LogP contribution < -0.4 is 10.2 Å². The molecule has 8 nitrogen and oxygen atoms in total. The predicted molar refractivity (Wildman–Crippen MR) is 103 cm³/mol. The lowest BCUT2D eigenvalue weighted by molar-refractivity contribution is -0.267. The molecule has 1 saturated heterocycles. The largest absolute Gasteiger partial charge is 0.508 e. The van der Waals surface area contributed by atoms with E-state index in [1.165, 1.54) is 25.1 Å². The van der Waals surface area contributed by atoms with Gasteiger partial charge in [-0.05, 0) is 6.92 Å². The third kappa shape index (κ3) is 3.58. The van der Waals surface area contributed by atoms with E-state index in [0.29, 0.717) is 11.3 Å². The molecule has 152 valence electrons. The molecular weight excluding hydrogens is 380 g/mol. The molecule has 0 saturated carbocycles. The second kappa shape index (κ2) is 7.49. The summed E-state index contributed by atoms with van der Waals surface area (Å²) in [6.45, 7) is 1.51. The Balaban J connectivity index is 1.76. The van der Waals surface area contributed by atoms with E-state index >= 15 is 0 Å². The van der Waals surface area contributed by atoms with E-state index < -0.39 is 36.1 Å². The molecule has 2 aromatic carbocycles. The van der Waals surface area contributed by atoms with Crippen LogP contribution in [-0.2, 0) is 4.74 Å². The zero-order valence-electron chi connectivity index (χ0n) is 15.4. The minimum Gasteiger partial charge on any atom is -0.508 e. The Bertz CT molecular complexity index is 1080. The minimum absolute atomic E-state index is 0.0477. The standard InChI is InChI=1S/C21H20O8/c1-10-18(24)19(25)20(26)21(27-10)29-16-8-12(22)7-15-17(16)13(23)9-14(28-15)11-5-3-2-4-6-11/h2-10,18-22,24-26H,1H3/t10?,18-,19-,20?,21-/m0/s1. The number of phenols is 1. The SMILES string of the molecule is CC1O[C@@H](Oc2cc(O)cc3oc(-c4ccccc4)cc(=O)c23)C(O)[C@@H](O)[C@H]1O. The number of fused-ring (bicyclic) bond motifs is 1. The van der Waals surface area contributed by atoms with E-state index in [-0.39, 0.29) is 22.5 Å². The molecule has 1 aromatic heterocycles. The first kappa shape index (κ1) is 19.4. The van der Waals surface area contributed by atoms with E-state index in [2.05, 4.69) is 0 Å². The molecule has 0 spiro atoms. The molecular formula is C21H20O8. The fourth-order valence-electron chi connectivity index (χ4n) is 3.31. The normalized spacial score (nSPS) is 27.1.